The van der Waals surface area contributed by atoms with Gasteiger partial charge in [-0.1, -0.05) is 18.8 Å². The molecule has 0 aliphatic heterocycles. The minimum absolute atomic E-state index is 0.00750. The molecule has 10 heavy (non-hydrogen) atoms. The average Bonchev–Trinajstić information content (AvgIpc) is 2.34. The van der Waals surface area contributed by atoms with Crippen LogP contribution in [0.25, 0.3) is 0 Å². The van der Waals surface area contributed by atoms with Gasteiger partial charge in [0.25, 0.3) is 0 Å². The van der Waals surface area contributed by atoms with E-state index in [4.69, 9.17) is 0 Å². The molecule has 0 amide bonds. The lowest BCUT2D eigenvalue weighted by Crippen LogP contribution is -1.89. The summed E-state index contributed by atoms with van der Waals surface area (Å²) in [5.41, 5.74) is 0. The van der Waals surface area contributed by atoms with E-state index in [1.54, 1.807) is 0 Å². The number of rotatable bonds is 0. The molecule has 0 aromatic heterocycles. The third-order valence-corrected chi connectivity index (χ3v) is 1.81. The van der Waals surface area contributed by atoms with Crippen molar-refractivity contribution in [1.82, 2.24) is 0 Å². The lowest BCUT2D eigenvalue weighted by atomic mass is 10.1. The zero-order valence-electron chi connectivity index (χ0n) is 6.31. The Morgan fingerprint density at radius 2 is 2.00 bits per heavy atom. The first-order valence-corrected chi connectivity index (χ1v) is 3.81. The highest BCUT2D eigenvalue weighted by molar-refractivity contribution is 5.93. The summed E-state index contributed by atoms with van der Waals surface area (Å²) in [5.74, 6) is 6.09. The summed E-state index contributed by atoms with van der Waals surface area (Å²) in [6.45, 7) is 1.52. The van der Waals surface area contributed by atoms with E-state index in [2.05, 4.69) is 11.8 Å². The van der Waals surface area contributed by atoms with Gasteiger partial charge in [0.2, 0.25) is 5.78 Å². The van der Waals surface area contributed by atoms with Crippen LogP contribution >= 0.6 is 0 Å². The quantitative estimate of drug-likeness (QED) is 0.366. The Balaban J connectivity index is 2.38. The van der Waals surface area contributed by atoms with Crippen molar-refractivity contribution in [3.63, 3.8) is 0 Å². The summed E-state index contributed by atoms with van der Waals surface area (Å²) in [5, 5.41) is 0. The molecular formula is C9H12O. The second-order valence-corrected chi connectivity index (χ2v) is 2.81. The van der Waals surface area contributed by atoms with Gasteiger partial charge >= 0.3 is 0 Å². The predicted molar refractivity (Wildman–Crippen MR) is 40.4 cm³/mol. The Kier molecular flexibility index (Phi) is 2.50. The number of hydrogen-bond acceptors (Lipinski definition) is 1. The van der Waals surface area contributed by atoms with Gasteiger partial charge in [0, 0.05) is 12.8 Å². The van der Waals surface area contributed by atoms with E-state index in [0.29, 0.717) is 5.92 Å². The largest absolute Gasteiger partial charge is 0.285 e. The zero-order chi connectivity index (χ0) is 7.40. The van der Waals surface area contributed by atoms with Gasteiger partial charge in [0.15, 0.2) is 0 Å². The normalized spacial score (nSPS) is 18.1. The molecule has 0 N–H and O–H groups in total. The third kappa shape index (κ3) is 2.23. The van der Waals surface area contributed by atoms with Crippen molar-refractivity contribution in [2.75, 3.05) is 0 Å². The number of carbonyl (C=O) groups excluding carboxylic acids is 1. The van der Waals surface area contributed by atoms with E-state index in [1.807, 2.05) is 0 Å². The zero-order valence-corrected chi connectivity index (χ0v) is 6.31. The summed E-state index contributed by atoms with van der Waals surface area (Å²) in [6.07, 6.45) is 4.97. The van der Waals surface area contributed by atoms with Gasteiger partial charge in [-0.15, -0.1) is 0 Å². The van der Waals surface area contributed by atoms with Gasteiger partial charge < -0.3 is 0 Å². The second kappa shape index (κ2) is 3.41. The molecule has 0 saturated heterocycles. The van der Waals surface area contributed by atoms with Crippen molar-refractivity contribution >= 4 is 5.78 Å². The molecule has 1 aliphatic carbocycles. The lowest BCUT2D eigenvalue weighted by molar-refractivity contribution is -0.111. The van der Waals surface area contributed by atoms with Gasteiger partial charge in [-0.05, 0) is 18.8 Å². The number of carbonyl (C=O) groups is 1. The SMILES string of the molecule is CC(=O)C#CC1CCCC1. The summed E-state index contributed by atoms with van der Waals surface area (Å²) < 4.78 is 0. The highest BCUT2D eigenvalue weighted by Crippen LogP contribution is 2.23. The van der Waals surface area contributed by atoms with Gasteiger partial charge in [-0.25, -0.2) is 0 Å². The van der Waals surface area contributed by atoms with Gasteiger partial charge in [-0.3, -0.25) is 4.79 Å². The van der Waals surface area contributed by atoms with E-state index in [9.17, 15) is 4.79 Å². The van der Waals surface area contributed by atoms with Crippen LogP contribution in [-0.4, -0.2) is 5.78 Å². The molecule has 1 aliphatic rings. The number of ketones is 1. The lowest BCUT2D eigenvalue weighted by Gasteiger charge is -1.93. The summed E-state index contributed by atoms with van der Waals surface area (Å²) in [7, 11) is 0. The van der Waals surface area contributed by atoms with Crippen LogP contribution in [0.3, 0.4) is 0 Å². The Hall–Kier alpha value is -0.770. The molecule has 0 spiro atoms. The van der Waals surface area contributed by atoms with Crippen molar-refractivity contribution in [2.45, 2.75) is 32.6 Å². The molecule has 0 aromatic rings. The van der Waals surface area contributed by atoms with E-state index >= 15 is 0 Å². The summed E-state index contributed by atoms with van der Waals surface area (Å²) in [6, 6.07) is 0. The molecule has 0 bridgehead atoms. The van der Waals surface area contributed by atoms with E-state index < -0.39 is 0 Å². The fraction of sp³-hybridized carbons (Fsp3) is 0.667. The maximum atomic E-state index is 10.4. The van der Waals surface area contributed by atoms with E-state index in [0.717, 1.165) is 0 Å². The molecule has 1 heteroatoms. The fourth-order valence-corrected chi connectivity index (χ4v) is 1.27. The number of Topliss-reactive ketones (excluding diaryl/α,β-unsaturated/α-hetero) is 1. The van der Waals surface area contributed by atoms with Crippen LogP contribution in [0, 0.1) is 17.8 Å². The van der Waals surface area contributed by atoms with Crippen molar-refractivity contribution in [1.29, 1.82) is 0 Å². The molecule has 0 radical (unpaired) electrons. The monoisotopic (exact) mass is 136 g/mol. The summed E-state index contributed by atoms with van der Waals surface area (Å²) >= 11 is 0. The minimum Gasteiger partial charge on any atom is -0.285 e. The molecule has 0 atom stereocenters. The molecule has 1 nitrogen and oxygen atoms in total. The highest BCUT2D eigenvalue weighted by atomic mass is 16.1. The maximum absolute atomic E-state index is 10.4. The molecule has 1 saturated carbocycles. The first kappa shape index (κ1) is 7.34. The molecule has 0 aromatic carbocycles. The molecule has 0 heterocycles. The standard InChI is InChI=1S/C9H12O/c1-8(10)6-7-9-4-2-3-5-9/h9H,2-5H2,1H3. The van der Waals surface area contributed by atoms with Crippen molar-refractivity contribution in [3.8, 4) is 11.8 Å². The Morgan fingerprint density at radius 1 is 1.40 bits per heavy atom. The van der Waals surface area contributed by atoms with Gasteiger partial charge in [0.1, 0.15) is 0 Å². The fourth-order valence-electron chi connectivity index (χ4n) is 1.27. The first-order chi connectivity index (χ1) is 4.79. The Morgan fingerprint density at radius 3 is 2.50 bits per heavy atom. The van der Waals surface area contributed by atoms with Crippen LogP contribution in [0.2, 0.25) is 0 Å². The van der Waals surface area contributed by atoms with Crippen LogP contribution in [0.1, 0.15) is 32.6 Å². The van der Waals surface area contributed by atoms with Crippen LogP contribution < -0.4 is 0 Å². The smallest absolute Gasteiger partial charge is 0.202 e. The Labute approximate surface area is 61.8 Å². The van der Waals surface area contributed by atoms with Gasteiger partial charge in [0.05, 0.1) is 0 Å². The van der Waals surface area contributed by atoms with Crippen molar-refractivity contribution in [2.24, 2.45) is 5.92 Å². The highest BCUT2D eigenvalue weighted by Gasteiger charge is 2.11. The molecule has 54 valence electrons. The minimum atomic E-state index is -0.00750. The second-order valence-electron chi connectivity index (χ2n) is 2.81. The average molecular weight is 136 g/mol. The van der Waals surface area contributed by atoms with Crippen molar-refractivity contribution in [3.05, 3.63) is 0 Å². The van der Waals surface area contributed by atoms with E-state index in [1.165, 1.54) is 32.6 Å². The predicted octanol–water partition coefficient (Wildman–Crippen LogP) is 1.77. The third-order valence-electron chi connectivity index (χ3n) is 1.81. The molecule has 1 rings (SSSR count). The van der Waals surface area contributed by atoms with Crippen LogP contribution in [-0.2, 0) is 4.79 Å². The summed E-state index contributed by atoms with van der Waals surface area (Å²) in [4.78, 5) is 10.4. The molecule has 0 unspecified atom stereocenters. The number of hydrogen-bond donors (Lipinski definition) is 0. The van der Waals surface area contributed by atoms with Crippen LogP contribution in [0.4, 0.5) is 0 Å². The van der Waals surface area contributed by atoms with Crippen molar-refractivity contribution < 1.29 is 4.79 Å². The Bertz CT molecular complexity index is 177. The van der Waals surface area contributed by atoms with Gasteiger partial charge in [-0.2, -0.15) is 0 Å². The topological polar surface area (TPSA) is 17.1 Å². The molecule has 1 fully saturated rings. The van der Waals surface area contributed by atoms with Crippen LogP contribution in [0.15, 0.2) is 0 Å². The molecular weight excluding hydrogens is 124 g/mol. The maximum Gasteiger partial charge on any atom is 0.202 e. The first-order valence-electron chi connectivity index (χ1n) is 3.81. The van der Waals surface area contributed by atoms with E-state index in [-0.39, 0.29) is 5.78 Å². The van der Waals surface area contributed by atoms with Crippen LogP contribution in [0.5, 0.6) is 0 Å².